The molecule has 22 nitrogen and oxygen atoms in total. The quantitative estimate of drug-likeness (QED) is 0.0255. The number of carbonyl (C=O) groups is 5. The molecule has 0 radical (unpaired) electrons. The third kappa shape index (κ3) is 26.1. The van der Waals surface area contributed by atoms with Gasteiger partial charge in [-0.1, -0.05) is 184 Å². The summed E-state index contributed by atoms with van der Waals surface area (Å²) in [5.74, 6) is -1.19. The van der Waals surface area contributed by atoms with Gasteiger partial charge in [0.1, 0.15) is 118 Å². The molecule has 0 aromatic heterocycles. The lowest BCUT2D eigenvalue weighted by Gasteiger charge is -2.20. The fraction of sp³-hybridized carbons (Fsp3) is 0.337. The first-order valence-corrected chi connectivity index (χ1v) is 45.1. The third-order valence-corrected chi connectivity index (χ3v) is 22.5. The third-order valence-electron chi connectivity index (χ3n) is 21.2. The highest BCUT2D eigenvalue weighted by Crippen LogP contribution is 2.37. The van der Waals surface area contributed by atoms with Crippen molar-refractivity contribution in [2.75, 3.05) is 131 Å². The summed E-state index contributed by atoms with van der Waals surface area (Å²) in [5, 5.41) is 8.65. The second-order valence-electron chi connectivity index (χ2n) is 30.2. The van der Waals surface area contributed by atoms with Crippen molar-refractivity contribution in [1.29, 1.82) is 0 Å². The Morgan fingerprint density at radius 3 is 0.629 bits per heavy atom. The van der Waals surface area contributed by atoms with Gasteiger partial charge in [-0.15, -0.1) is 0 Å². The first-order valence-electron chi connectivity index (χ1n) is 43.2. The SMILES string of the molecule is CCCN(CC)CCOc1cc2ccccc2cc1C(=O)Oc1cc(OC(=O)c2cc3ccccc3cc2OCCN(CC)CCC)cc(OC(=O)c2cc3ccccc3cc2OCCN(CC)CCC)c1.CCCN(CC)CCOc1cc2ccccc2cc1C(=O)Oc1ccc(OC(=O)c2cc3ccccc3cc2OCCN(CCC)S(C)(=O)=O)cc1. The number of esters is 5. The molecule has 124 heavy (non-hydrogen) atoms. The Balaban J connectivity index is 0.000000254. The normalized spacial score (nSPS) is 11.5. The van der Waals surface area contributed by atoms with Crippen LogP contribution in [0, 0.1) is 0 Å². The maximum Gasteiger partial charge on any atom is 0.347 e. The van der Waals surface area contributed by atoms with Gasteiger partial charge in [-0.2, -0.15) is 4.31 Å². The van der Waals surface area contributed by atoms with Crippen LogP contribution in [0.2, 0.25) is 0 Å². The summed E-state index contributed by atoms with van der Waals surface area (Å²) < 4.78 is 86.7. The second kappa shape index (κ2) is 46.5. The predicted octanol–water partition coefficient (Wildman–Crippen LogP) is 19.7. The molecule has 12 rings (SSSR count). The van der Waals surface area contributed by atoms with Crippen LogP contribution >= 0.6 is 0 Å². The Bertz CT molecular complexity index is 5400. The minimum absolute atomic E-state index is 0.0385. The Morgan fingerprint density at radius 2 is 0.435 bits per heavy atom. The molecule has 0 N–H and O–H groups in total. The number of ether oxygens (including phenoxy) is 10. The number of fused-ring (bicyclic) bond motifs is 5. The Kier molecular flexibility index (Phi) is 34.8. The molecule has 0 unspecified atom stereocenters. The smallest absolute Gasteiger partial charge is 0.347 e. The summed E-state index contributed by atoms with van der Waals surface area (Å²) in [6.07, 6.45) is 5.90. The number of sulfonamides is 1. The minimum Gasteiger partial charge on any atom is -0.491 e. The highest BCUT2D eigenvalue weighted by atomic mass is 32.2. The molecule has 12 aromatic rings. The molecule has 12 aromatic carbocycles. The highest BCUT2D eigenvalue weighted by Gasteiger charge is 2.27. The van der Waals surface area contributed by atoms with Gasteiger partial charge in [0.15, 0.2) is 0 Å². The van der Waals surface area contributed by atoms with E-state index in [4.69, 9.17) is 47.4 Å². The van der Waals surface area contributed by atoms with Crippen molar-refractivity contribution in [3.05, 3.63) is 252 Å². The van der Waals surface area contributed by atoms with Crippen molar-refractivity contribution >= 4 is 93.7 Å². The van der Waals surface area contributed by atoms with Crippen LogP contribution in [0.1, 0.15) is 146 Å². The van der Waals surface area contributed by atoms with Gasteiger partial charge in [-0.25, -0.2) is 32.4 Å². The van der Waals surface area contributed by atoms with E-state index in [1.807, 2.05) is 153 Å². The molecule has 0 bridgehead atoms. The standard InChI is InChI=1S/C60H69N3O9.C41H46N2O8S/c1-7-25-61(10-4)28-31-67-55-37-46-22-16-13-19-43(46)34-52(55)58(64)70-49-40-50(71-59(65)53-35-44-20-14-17-23-47(44)38-56(53)68-32-29-62(11-5)26-8-2)42-51(41-49)72-60(66)54-36-45-21-15-18-24-48(45)39-57(54)69-33-30-63(12-6)27-9-3;1-5-20-42(7-3)22-24-48-38-28-32-14-10-8-12-30(32)26-36(38)40(44)50-34-16-18-35(19-17-34)51-41(45)37-27-31-13-9-11-15-33(31)29-39(37)49-25-23-43(21-6-2)52(4,46)47/h13-24,34-42H,7-12,25-33H2,1-6H3;8-19,26-29H,5-7,20-25H2,1-4H3. The molecule has 0 aliphatic carbocycles. The van der Waals surface area contributed by atoms with Crippen molar-refractivity contribution in [3.8, 4) is 57.5 Å². The fourth-order valence-corrected chi connectivity index (χ4v) is 15.6. The molecule has 0 saturated heterocycles. The number of nitrogens with zero attached hydrogens (tertiary/aromatic N) is 5. The Hall–Kier alpha value is -12.0. The largest absolute Gasteiger partial charge is 0.491 e. The van der Waals surface area contributed by atoms with Gasteiger partial charge < -0.3 is 67.0 Å². The molecule has 0 heterocycles. The van der Waals surface area contributed by atoms with E-state index in [-0.39, 0.29) is 69.9 Å². The van der Waals surface area contributed by atoms with Gasteiger partial charge in [0.2, 0.25) is 10.0 Å². The van der Waals surface area contributed by atoms with Crippen LogP contribution in [-0.2, 0) is 10.0 Å². The van der Waals surface area contributed by atoms with E-state index in [9.17, 15) is 32.4 Å². The van der Waals surface area contributed by atoms with Gasteiger partial charge in [0, 0.05) is 57.5 Å². The van der Waals surface area contributed by atoms with Crippen LogP contribution in [0.4, 0.5) is 0 Å². The zero-order valence-corrected chi connectivity index (χ0v) is 73.7. The maximum absolute atomic E-state index is 14.4. The number of benzene rings is 12. The summed E-state index contributed by atoms with van der Waals surface area (Å²) in [4.78, 5) is 79.5. The lowest BCUT2D eigenvalue weighted by molar-refractivity contribution is 0.0709. The van der Waals surface area contributed by atoms with E-state index in [1.54, 1.807) is 60.7 Å². The van der Waals surface area contributed by atoms with E-state index >= 15 is 0 Å². The van der Waals surface area contributed by atoms with Crippen LogP contribution in [-0.4, -0.2) is 193 Å². The molecule has 0 amide bonds. The van der Waals surface area contributed by atoms with E-state index in [0.29, 0.717) is 87.6 Å². The first kappa shape index (κ1) is 92.8. The Labute approximate surface area is 728 Å². The minimum atomic E-state index is -3.41. The van der Waals surface area contributed by atoms with Gasteiger partial charge in [0.05, 0.1) is 6.26 Å². The van der Waals surface area contributed by atoms with Gasteiger partial charge >= 0.3 is 29.8 Å². The van der Waals surface area contributed by atoms with Crippen molar-refractivity contribution in [2.45, 2.75) is 94.4 Å². The van der Waals surface area contributed by atoms with Crippen LogP contribution in [0.5, 0.6) is 57.5 Å². The molecule has 0 fully saturated rings. The fourth-order valence-electron chi connectivity index (χ4n) is 14.7. The lowest BCUT2D eigenvalue weighted by atomic mass is 10.1. The number of hydrogen-bond acceptors (Lipinski definition) is 21. The van der Waals surface area contributed by atoms with Crippen molar-refractivity contribution < 1.29 is 79.8 Å². The molecule has 0 aliphatic rings. The number of hydrogen-bond donors (Lipinski definition) is 0. The van der Waals surface area contributed by atoms with Crippen LogP contribution in [0.25, 0.3) is 53.9 Å². The molecular formula is C101H115N5O17S. The van der Waals surface area contributed by atoms with Gasteiger partial charge in [0.25, 0.3) is 0 Å². The van der Waals surface area contributed by atoms with Crippen molar-refractivity contribution in [1.82, 2.24) is 23.9 Å². The molecule has 23 heteroatoms. The molecule has 0 atom stereocenters. The average molecular weight is 1700 g/mol. The molecule has 652 valence electrons. The van der Waals surface area contributed by atoms with E-state index in [1.165, 1.54) is 28.8 Å². The van der Waals surface area contributed by atoms with Crippen LogP contribution in [0.15, 0.2) is 224 Å². The average Bonchev–Trinajstić information content (AvgIpc) is 0.850. The second-order valence-corrected chi connectivity index (χ2v) is 32.2. The van der Waals surface area contributed by atoms with Crippen LogP contribution in [0.3, 0.4) is 0 Å². The van der Waals surface area contributed by atoms with E-state index in [2.05, 4.69) is 75.0 Å². The zero-order chi connectivity index (χ0) is 87.9. The summed E-state index contributed by atoms with van der Waals surface area (Å²) in [5.41, 5.74) is 1.10. The molecule has 0 aliphatic heterocycles. The van der Waals surface area contributed by atoms with Gasteiger partial charge in [-0.3, -0.25) is 0 Å². The highest BCUT2D eigenvalue weighted by molar-refractivity contribution is 7.88. The van der Waals surface area contributed by atoms with E-state index < -0.39 is 39.9 Å². The van der Waals surface area contributed by atoms with Crippen molar-refractivity contribution in [2.24, 2.45) is 0 Å². The molecular weight excluding hydrogens is 1590 g/mol. The number of carbonyl (C=O) groups excluding carboxylic acids is 5. The molecule has 0 saturated carbocycles. The lowest BCUT2D eigenvalue weighted by Crippen LogP contribution is -2.34. The summed E-state index contributed by atoms with van der Waals surface area (Å²) in [6, 6.07) is 66.7. The predicted molar refractivity (Wildman–Crippen MR) is 491 cm³/mol. The summed E-state index contributed by atoms with van der Waals surface area (Å²) in [6.45, 7) is 31.0. The monoisotopic (exact) mass is 1700 g/mol. The van der Waals surface area contributed by atoms with E-state index in [0.717, 1.165) is 138 Å². The maximum atomic E-state index is 14.4. The zero-order valence-electron chi connectivity index (χ0n) is 72.9. The van der Waals surface area contributed by atoms with Crippen molar-refractivity contribution in [3.63, 3.8) is 0 Å². The summed E-state index contributed by atoms with van der Waals surface area (Å²) >= 11 is 0. The molecule has 0 spiro atoms. The van der Waals surface area contributed by atoms with Gasteiger partial charge in [-0.05, 0) is 223 Å². The number of rotatable bonds is 45. The summed E-state index contributed by atoms with van der Waals surface area (Å²) in [7, 11) is -3.41. The Morgan fingerprint density at radius 1 is 0.242 bits per heavy atom. The topological polar surface area (TPSA) is 228 Å². The number of likely N-dealkylation sites (N-methyl/N-ethyl adjacent to an activating group) is 4. The van der Waals surface area contributed by atoms with Crippen LogP contribution < -0.4 is 47.4 Å². The first-order chi connectivity index (χ1) is 60.2.